The van der Waals surface area contributed by atoms with E-state index in [9.17, 15) is 14.4 Å². The van der Waals surface area contributed by atoms with Crippen molar-refractivity contribution in [1.82, 2.24) is 10.2 Å². The second-order valence-corrected chi connectivity index (χ2v) is 11.5. The van der Waals surface area contributed by atoms with Crippen LogP contribution in [0.15, 0.2) is 60.7 Å². The van der Waals surface area contributed by atoms with E-state index >= 15 is 0 Å². The van der Waals surface area contributed by atoms with Crippen LogP contribution in [0, 0.1) is 13.8 Å². The predicted molar refractivity (Wildman–Crippen MR) is 157 cm³/mol. The number of anilines is 1. The zero-order chi connectivity index (χ0) is 29.0. The van der Waals surface area contributed by atoms with Gasteiger partial charge in [0.25, 0.3) is 5.91 Å². The van der Waals surface area contributed by atoms with Gasteiger partial charge in [0.05, 0.1) is 0 Å². The van der Waals surface area contributed by atoms with E-state index in [0.717, 1.165) is 27.5 Å². The van der Waals surface area contributed by atoms with Crippen molar-refractivity contribution in [1.29, 1.82) is 0 Å². The summed E-state index contributed by atoms with van der Waals surface area (Å²) in [6.45, 7) is 14.8. The Morgan fingerprint density at radius 2 is 1.56 bits per heavy atom. The van der Waals surface area contributed by atoms with Crippen molar-refractivity contribution in [2.24, 2.45) is 0 Å². The summed E-state index contributed by atoms with van der Waals surface area (Å²) in [7, 11) is 0. The lowest BCUT2D eigenvalue weighted by Gasteiger charge is -2.43. The Balaban J connectivity index is 2.03. The number of ether oxygens (including phenoxy) is 1. The summed E-state index contributed by atoms with van der Waals surface area (Å²) in [5.41, 5.74) is 1.93. The Kier molecular flexibility index (Phi) is 9.05. The molecule has 0 spiro atoms. The smallest absolute Gasteiger partial charge is 0.408 e. The van der Waals surface area contributed by atoms with Gasteiger partial charge in [0.1, 0.15) is 18.2 Å². The molecule has 0 saturated carbocycles. The third-order valence-electron chi connectivity index (χ3n) is 7.03. The molecule has 0 radical (unpaired) electrons. The highest BCUT2D eigenvalue weighted by atomic mass is 16.6. The van der Waals surface area contributed by atoms with Crippen LogP contribution in [-0.4, -0.2) is 40.5 Å². The van der Waals surface area contributed by atoms with Gasteiger partial charge in [0.2, 0.25) is 5.91 Å². The van der Waals surface area contributed by atoms with Crippen LogP contribution in [0.5, 0.6) is 0 Å². The van der Waals surface area contributed by atoms with Crippen molar-refractivity contribution in [2.45, 2.75) is 79.0 Å². The standard InChI is InChI=1S/C32H41N3O4/c1-9-32(7,8)35(27(36)20-33-30(38)39-31(4,5)6)28(26-16-12-13-21(2)22(26)3)29(37)34-25-18-17-23-14-10-11-15-24(23)19-25/h10-19,28H,9,20H2,1-8H3,(H,33,38)(H,34,37). The summed E-state index contributed by atoms with van der Waals surface area (Å²) in [6, 6.07) is 18.5. The van der Waals surface area contributed by atoms with Crippen molar-refractivity contribution in [2.75, 3.05) is 11.9 Å². The number of benzene rings is 3. The van der Waals surface area contributed by atoms with Gasteiger partial charge in [-0.1, -0.05) is 55.5 Å². The average Bonchev–Trinajstić information content (AvgIpc) is 2.86. The normalized spacial score (nSPS) is 12.5. The second kappa shape index (κ2) is 11.9. The van der Waals surface area contributed by atoms with Crippen molar-refractivity contribution in [3.8, 4) is 0 Å². The van der Waals surface area contributed by atoms with Gasteiger partial charge in [-0.25, -0.2) is 4.79 Å². The lowest BCUT2D eigenvalue weighted by atomic mass is 9.90. The number of aryl methyl sites for hydroxylation is 1. The maximum Gasteiger partial charge on any atom is 0.408 e. The molecule has 0 heterocycles. The van der Waals surface area contributed by atoms with Gasteiger partial charge < -0.3 is 20.3 Å². The molecule has 7 heteroatoms. The Bertz CT molecular complexity index is 1360. The molecule has 0 aliphatic carbocycles. The monoisotopic (exact) mass is 531 g/mol. The summed E-state index contributed by atoms with van der Waals surface area (Å²) < 4.78 is 5.32. The molecule has 208 valence electrons. The Morgan fingerprint density at radius 1 is 0.897 bits per heavy atom. The highest BCUT2D eigenvalue weighted by Gasteiger charge is 2.40. The topological polar surface area (TPSA) is 87.7 Å². The molecule has 39 heavy (non-hydrogen) atoms. The molecule has 0 bridgehead atoms. The first-order valence-electron chi connectivity index (χ1n) is 13.4. The Labute approximate surface area is 231 Å². The molecule has 7 nitrogen and oxygen atoms in total. The first-order chi connectivity index (χ1) is 18.2. The molecule has 0 aliphatic heterocycles. The molecule has 0 saturated heterocycles. The average molecular weight is 532 g/mol. The molecular weight excluding hydrogens is 490 g/mol. The molecule has 1 unspecified atom stereocenters. The van der Waals surface area contributed by atoms with E-state index in [1.165, 1.54) is 0 Å². The van der Waals surface area contributed by atoms with Crippen LogP contribution in [0.25, 0.3) is 10.8 Å². The zero-order valence-electron chi connectivity index (χ0n) is 24.3. The quantitative estimate of drug-likeness (QED) is 0.339. The molecule has 3 aromatic carbocycles. The number of carbonyl (C=O) groups excluding carboxylic acids is 3. The fourth-order valence-electron chi connectivity index (χ4n) is 4.49. The summed E-state index contributed by atoms with van der Waals surface area (Å²) >= 11 is 0. The van der Waals surface area contributed by atoms with Crippen molar-refractivity contribution >= 4 is 34.4 Å². The number of nitrogens with zero attached hydrogens (tertiary/aromatic N) is 1. The number of hydrogen-bond acceptors (Lipinski definition) is 4. The van der Waals surface area contributed by atoms with E-state index in [1.807, 2.05) is 95.3 Å². The van der Waals surface area contributed by atoms with Gasteiger partial charge in [-0.15, -0.1) is 0 Å². The third kappa shape index (κ3) is 7.37. The van der Waals surface area contributed by atoms with Gasteiger partial charge in [-0.2, -0.15) is 0 Å². The lowest BCUT2D eigenvalue weighted by Crippen LogP contribution is -2.55. The third-order valence-corrected chi connectivity index (χ3v) is 7.03. The number of amides is 3. The number of rotatable bonds is 8. The molecule has 0 aliphatic rings. The lowest BCUT2D eigenvalue weighted by molar-refractivity contribution is -0.145. The minimum atomic E-state index is -0.931. The Morgan fingerprint density at radius 3 is 2.21 bits per heavy atom. The molecule has 2 N–H and O–H groups in total. The number of hydrogen-bond donors (Lipinski definition) is 2. The van der Waals surface area contributed by atoms with Crippen LogP contribution in [0.1, 0.15) is 70.7 Å². The van der Waals surface area contributed by atoms with Crippen LogP contribution < -0.4 is 10.6 Å². The molecule has 1 atom stereocenters. The number of alkyl carbamates (subject to hydrolysis) is 1. The van der Waals surface area contributed by atoms with E-state index in [1.54, 1.807) is 25.7 Å². The zero-order valence-corrected chi connectivity index (χ0v) is 24.3. The van der Waals surface area contributed by atoms with E-state index in [4.69, 9.17) is 4.74 Å². The fraction of sp³-hybridized carbons (Fsp3) is 0.406. The Hall–Kier alpha value is -3.87. The maximum atomic E-state index is 14.1. The van der Waals surface area contributed by atoms with Gasteiger partial charge >= 0.3 is 6.09 Å². The van der Waals surface area contributed by atoms with Crippen LogP contribution in [0.2, 0.25) is 0 Å². The minimum absolute atomic E-state index is 0.303. The largest absolute Gasteiger partial charge is 0.444 e. The SMILES string of the molecule is CCC(C)(C)N(C(=O)CNC(=O)OC(C)(C)C)C(C(=O)Nc1ccc2ccccc2c1)c1cccc(C)c1C. The predicted octanol–water partition coefficient (Wildman–Crippen LogP) is 6.68. The second-order valence-electron chi connectivity index (χ2n) is 11.5. The molecule has 0 aromatic heterocycles. The first kappa shape index (κ1) is 29.7. The summed E-state index contributed by atoms with van der Waals surface area (Å²) in [5, 5.41) is 7.70. The van der Waals surface area contributed by atoms with Crippen molar-refractivity contribution in [3.63, 3.8) is 0 Å². The van der Waals surface area contributed by atoms with E-state index in [-0.39, 0.29) is 18.4 Å². The summed E-state index contributed by atoms with van der Waals surface area (Å²) in [4.78, 5) is 41.9. The number of carbonyl (C=O) groups is 3. The fourth-order valence-corrected chi connectivity index (χ4v) is 4.49. The maximum absolute atomic E-state index is 14.1. The van der Waals surface area contributed by atoms with Crippen LogP contribution in [-0.2, 0) is 14.3 Å². The molecule has 3 rings (SSSR count). The first-order valence-corrected chi connectivity index (χ1v) is 13.4. The van der Waals surface area contributed by atoms with E-state index < -0.39 is 23.3 Å². The summed E-state index contributed by atoms with van der Waals surface area (Å²) in [5.74, 6) is -0.710. The number of fused-ring (bicyclic) bond motifs is 1. The summed E-state index contributed by atoms with van der Waals surface area (Å²) in [6.07, 6.45) is -0.0931. The van der Waals surface area contributed by atoms with Gasteiger partial charge in [0, 0.05) is 11.2 Å². The van der Waals surface area contributed by atoms with Crippen molar-refractivity contribution in [3.05, 3.63) is 77.4 Å². The van der Waals surface area contributed by atoms with Gasteiger partial charge in [-0.05, 0) is 94.5 Å². The van der Waals surface area contributed by atoms with Crippen molar-refractivity contribution < 1.29 is 19.1 Å². The van der Waals surface area contributed by atoms with Gasteiger partial charge in [-0.3, -0.25) is 9.59 Å². The number of nitrogens with one attached hydrogen (secondary N) is 2. The van der Waals surface area contributed by atoms with Gasteiger partial charge in [0.15, 0.2) is 0 Å². The van der Waals surface area contributed by atoms with Crippen LogP contribution >= 0.6 is 0 Å². The van der Waals surface area contributed by atoms with Crippen LogP contribution in [0.4, 0.5) is 10.5 Å². The van der Waals surface area contributed by atoms with Crippen LogP contribution in [0.3, 0.4) is 0 Å². The molecule has 0 fully saturated rings. The molecule has 3 amide bonds. The highest BCUT2D eigenvalue weighted by molar-refractivity contribution is 6.00. The molecule has 3 aromatic rings. The minimum Gasteiger partial charge on any atom is -0.444 e. The van der Waals surface area contributed by atoms with E-state index in [0.29, 0.717) is 12.1 Å². The van der Waals surface area contributed by atoms with E-state index in [2.05, 4.69) is 10.6 Å². The highest BCUT2D eigenvalue weighted by Crippen LogP contribution is 2.34. The molecular formula is C32H41N3O4.